The SMILES string of the molecule is Cc1c(F)cccc1C1[C@@H](C(=O)c2cccc(O)c2)CN(CCNS(=O)(=O)N(C)C)C[C@@H]1C(=O)c1cccc(O)c1. The van der Waals surface area contributed by atoms with E-state index in [2.05, 4.69) is 4.72 Å². The number of phenols is 2. The summed E-state index contributed by atoms with van der Waals surface area (Å²) in [5.74, 6) is -3.70. The lowest BCUT2D eigenvalue weighted by Crippen LogP contribution is -2.52. The van der Waals surface area contributed by atoms with Crippen LogP contribution in [-0.2, 0) is 10.2 Å². The van der Waals surface area contributed by atoms with Gasteiger partial charge in [0.15, 0.2) is 11.6 Å². The summed E-state index contributed by atoms with van der Waals surface area (Å²) in [6, 6.07) is 16.5. The Morgan fingerprint density at radius 1 is 0.927 bits per heavy atom. The third-order valence-electron chi connectivity index (χ3n) is 7.57. The van der Waals surface area contributed by atoms with E-state index in [1.54, 1.807) is 43.3 Å². The maximum atomic E-state index is 14.8. The summed E-state index contributed by atoms with van der Waals surface area (Å²) >= 11 is 0. The van der Waals surface area contributed by atoms with Crippen LogP contribution in [0.1, 0.15) is 37.8 Å². The molecule has 218 valence electrons. The Labute approximate surface area is 239 Å². The zero-order valence-corrected chi connectivity index (χ0v) is 23.9. The molecule has 0 aromatic heterocycles. The van der Waals surface area contributed by atoms with Crippen molar-refractivity contribution in [2.24, 2.45) is 11.8 Å². The number of nitrogens with zero attached hydrogens (tertiary/aromatic N) is 2. The zero-order valence-electron chi connectivity index (χ0n) is 23.1. The van der Waals surface area contributed by atoms with Crippen LogP contribution in [0.3, 0.4) is 0 Å². The van der Waals surface area contributed by atoms with Crippen LogP contribution in [0.4, 0.5) is 4.39 Å². The number of benzene rings is 3. The van der Waals surface area contributed by atoms with Crippen molar-refractivity contribution in [2.75, 3.05) is 40.3 Å². The Hall–Kier alpha value is -3.64. The average Bonchev–Trinajstić information content (AvgIpc) is 2.93. The van der Waals surface area contributed by atoms with Gasteiger partial charge in [-0.15, -0.1) is 0 Å². The lowest BCUT2D eigenvalue weighted by atomic mass is 9.68. The monoisotopic (exact) mass is 583 g/mol. The zero-order chi connectivity index (χ0) is 29.9. The van der Waals surface area contributed by atoms with Crippen molar-refractivity contribution in [1.82, 2.24) is 13.9 Å². The van der Waals surface area contributed by atoms with Crippen molar-refractivity contribution < 1.29 is 32.6 Å². The lowest BCUT2D eigenvalue weighted by molar-refractivity contribution is 0.0576. The van der Waals surface area contributed by atoms with Crippen molar-refractivity contribution in [3.05, 3.63) is 94.8 Å². The van der Waals surface area contributed by atoms with E-state index in [1.807, 2.05) is 4.90 Å². The van der Waals surface area contributed by atoms with Gasteiger partial charge < -0.3 is 15.1 Å². The molecule has 11 heteroatoms. The van der Waals surface area contributed by atoms with Gasteiger partial charge in [0.25, 0.3) is 10.2 Å². The van der Waals surface area contributed by atoms with Gasteiger partial charge in [-0.25, -0.2) is 9.11 Å². The smallest absolute Gasteiger partial charge is 0.278 e. The van der Waals surface area contributed by atoms with Crippen molar-refractivity contribution in [1.29, 1.82) is 0 Å². The van der Waals surface area contributed by atoms with E-state index < -0.39 is 33.8 Å². The molecule has 1 saturated heterocycles. The lowest BCUT2D eigenvalue weighted by Gasteiger charge is -2.43. The van der Waals surface area contributed by atoms with Crippen molar-refractivity contribution in [3.63, 3.8) is 0 Å². The normalized spacial score (nSPS) is 18.5. The fraction of sp³-hybridized carbons (Fsp3) is 0.333. The van der Waals surface area contributed by atoms with Crippen LogP contribution in [0, 0.1) is 24.6 Å². The summed E-state index contributed by atoms with van der Waals surface area (Å²) in [5.41, 5.74) is 1.34. The molecule has 0 saturated carbocycles. The summed E-state index contributed by atoms with van der Waals surface area (Å²) in [7, 11) is -0.881. The van der Waals surface area contributed by atoms with Crippen molar-refractivity contribution >= 4 is 21.8 Å². The first kappa shape index (κ1) is 30.3. The van der Waals surface area contributed by atoms with Gasteiger partial charge >= 0.3 is 0 Å². The Morgan fingerprint density at radius 3 is 1.93 bits per heavy atom. The topological polar surface area (TPSA) is 127 Å². The van der Waals surface area contributed by atoms with Gasteiger partial charge in [-0.1, -0.05) is 36.4 Å². The summed E-state index contributed by atoms with van der Waals surface area (Å²) in [6.45, 7) is 2.18. The molecule has 4 rings (SSSR count). The number of rotatable bonds is 10. The second-order valence-corrected chi connectivity index (χ2v) is 12.4. The first-order chi connectivity index (χ1) is 19.4. The Morgan fingerprint density at radius 2 is 1.44 bits per heavy atom. The number of ketones is 2. The molecule has 2 atom stereocenters. The maximum absolute atomic E-state index is 14.8. The minimum absolute atomic E-state index is 0.0320. The van der Waals surface area contributed by atoms with Crippen LogP contribution < -0.4 is 4.72 Å². The molecule has 1 fully saturated rings. The molecule has 9 nitrogen and oxygen atoms in total. The van der Waals surface area contributed by atoms with E-state index in [0.717, 1.165) is 4.31 Å². The van der Waals surface area contributed by atoms with Gasteiger partial charge in [-0.2, -0.15) is 12.7 Å². The van der Waals surface area contributed by atoms with Crippen LogP contribution in [0.5, 0.6) is 11.5 Å². The standard InChI is InChI=1S/C30H34FN3O6S/c1-19-24(11-6-12-27(19)31)28-25(29(37)20-7-4-9-22(35)15-20)17-34(14-13-32-41(39,40)33(2)3)18-26(28)30(38)21-8-5-10-23(36)16-21/h4-12,15-16,25-26,28,32,35-36H,13-14,17-18H2,1-3H3/t25-,26-/m0/s1. The van der Waals surface area contributed by atoms with Gasteiger partial charge in [0, 0.05) is 69.2 Å². The Kier molecular flexibility index (Phi) is 9.23. The summed E-state index contributed by atoms with van der Waals surface area (Å²) in [6.07, 6.45) is 0. The van der Waals surface area contributed by atoms with E-state index in [1.165, 1.54) is 44.4 Å². The second-order valence-electron chi connectivity index (χ2n) is 10.5. The van der Waals surface area contributed by atoms with E-state index in [0.29, 0.717) is 11.1 Å². The molecule has 41 heavy (non-hydrogen) atoms. The molecule has 0 unspecified atom stereocenters. The number of hydrogen-bond acceptors (Lipinski definition) is 7. The minimum atomic E-state index is -3.69. The first-order valence-electron chi connectivity index (χ1n) is 13.2. The summed E-state index contributed by atoms with van der Waals surface area (Å²) in [4.78, 5) is 30.0. The number of piperidine rings is 1. The Balaban J connectivity index is 1.80. The number of carbonyl (C=O) groups is 2. The van der Waals surface area contributed by atoms with Crippen LogP contribution in [-0.4, -0.2) is 79.7 Å². The molecular formula is C30H34FN3O6S. The predicted octanol–water partition coefficient (Wildman–Crippen LogP) is 3.34. The number of phenolic OH excluding ortho intramolecular Hbond substituents is 2. The summed E-state index contributed by atoms with van der Waals surface area (Å²) < 4.78 is 42.9. The average molecular weight is 584 g/mol. The third kappa shape index (κ3) is 6.82. The largest absolute Gasteiger partial charge is 0.508 e. The highest BCUT2D eigenvalue weighted by molar-refractivity contribution is 7.87. The quantitative estimate of drug-likeness (QED) is 0.313. The fourth-order valence-electron chi connectivity index (χ4n) is 5.44. The first-order valence-corrected chi connectivity index (χ1v) is 14.6. The predicted molar refractivity (Wildman–Crippen MR) is 153 cm³/mol. The van der Waals surface area contributed by atoms with E-state index in [9.17, 15) is 32.6 Å². The molecule has 0 aliphatic carbocycles. The molecule has 3 aromatic carbocycles. The molecule has 3 N–H and O–H groups in total. The molecular weight excluding hydrogens is 549 g/mol. The highest BCUT2D eigenvalue weighted by Crippen LogP contribution is 2.42. The fourth-order valence-corrected chi connectivity index (χ4v) is 6.05. The molecule has 0 spiro atoms. The summed E-state index contributed by atoms with van der Waals surface area (Å²) in [5, 5.41) is 20.1. The maximum Gasteiger partial charge on any atom is 0.278 e. The van der Waals surface area contributed by atoms with Crippen LogP contribution in [0.2, 0.25) is 0 Å². The van der Waals surface area contributed by atoms with Crippen molar-refractivity contribution in [3.8, 4) is 11.5 Å². The van der Waals surface area contributed by atoms with E-state index in [-0.39, 0.29) is 60.4 Å². The van der Waals surface area contributed by atoms with Gasteiger partial charge in [0.2, 0.25) is 0 Å². The molecule has 0 amide bonds. The number of carbonyl (C=O) groups excluding carboxylic acids is 2. The molecule has 1 aliphatic rings. The number of likely N-dealkylation sites (tertiary alicyclic amines) is 1. The van der Waals surface area contributed by atoms with Gasteiger partial charge in [0.05, 0.1) is 0 Å². The second kappa shape index (κ2) is 12.5. The molecule has 0 radical (unpaired) electrons. The van der Waals surface area contributed by atoms with Crippen molar-refractivity contribution in [2.45, 2.75) is 12.8 Å². The number of hydrogen-bond donors (Lipinski definition) is 3. The van der Waals surface area contributed by atoms with Crippen LogP contribution in [0.25, 0.3) is 0 Å². The van der Waals surface area contributed by atoms with Crippen LogP contribution >= 0.6 is 0 Å². The number of halogens is 1. The highest BCUT2D eigenvalue weighted by Gasteiger charge is 2.45. The van der Waals surface area contributed by atoms with Gasteiger partial charge in [-0.05, 0) is 48.4 Å². The molecule has 1 heterocycles. The number of Topliss-reactive ketones (excluding diaryl/α,β-unsaturated/α-hetero) is 2. The minimum Gasteiger partial charge on any atom is -0.508 e. The number of nitrogens with one attached hydrogen (secondary N) is 1. The van der Waals surface area contributed by atoms with Crippen LogP contribution in [0.15, 0.2) is 66.7 Å². The highest BCUT2D eigenvalue weighted by atomic mass is 32.2. The van der Waals surface area contributed by atoms with E-state index >= 15 is 0 Å². The molecule has 0 bridgehead atoms. The van der Waals surface area contributed by atoms with E-state index in [4.69, 9.17) is 0 Å². The molecule has 3 aromatic rings. The Bertz CT molecular complexity index is 1480. The number of aromatic hydroxyl groups is 2. The van der Waals surface area contributed by atoms with Gasteiger partial charge in [-0.3, -0.25) is 9.59 Å². The third-order valence-corrected chi connectivity index (χ3v) is 9.10. The molecule has 1 aliphatic heterocycles. The van der Waals surface area contributed by atoms with Gasteiger partial charge in [0.1, 0.15) is 17.3 Å².